The highest BCUT2D eigenvalue weighted by atomic mass is 79.9. The Bertz CT molecular complexity index is 973. The molecule has 0 saturated heterocycles. The first-order chi connectivity index (χ1) is 13.5. The fraction of sp³-hybridized carbons (Fsp3) is 0.375. The second kappa shape index (κ2) is 7.87. The number of aromatic nitrogens is 2. The summed E-state index contributed by atoms with van der Waals surface area (Å²) in [5.41, 5.74) is 0.493. The number of rotatable bonds is 6. The molecule has 26 heavy (non-hydrogen) atoms. The maximum Gasteiger partial charge on any atom is 0.240 e. The smallest absolute Gasteiger partial charge is 0.240 e. The van der Waals surface area contributed by atoms with E-state index < -0.39 is 23.1 Å². The topological polar surface area (TPSA) is 113 Å². The van der Waals surface area contributed by atoms with Crippen LogP contribution >= 0.6 is 15.9 Å². The number of anilines is 2. The third-order valence-electron chi connectivity index (χ3n) is 3.95. The fourth-order valence-electron chi connectivity index (χ4n) is 2.59. The lowest BCUT2D eigenvalue weighted by molar-refractivity contribution is 0.0569. The number of nitrogens with one attached hydrogen (secondary N) is 2. The lowest BCUT2D eigenvalue weighted by Crippen LogP contribution is -2.26. The Balaban J connectivity index is 1.72. The zero-order chi connectivity index (χ0) is 21.2. The summed E-state index contributed by atoms with van der Waals surface area (Å²) in [6.07, 6.45) is 2.94. The van der Waals surface area contributed by atoms with Crippen molar-refractivity contribution in [2.45, 2.75) is 36.4 Å². The molecule has 1 aliphatic carbocycles. The van der Waals surface area contributed by atoms with E-state index in [9.17, 15) is 13.5 Å². The zero-order valence-electron chi connectivity index (χ0n) is 16.5. The molecule has 0 bridgehead atoms. The average Bonchev–Trinajstić information content (AvgIpc) is 3.01. The standard InChI is InChI=1S/C16H19BrN4O4S/c1-18-26(23,24)11-7-5-10(6-8-11)20-16-19-9-12(17)15(21-16)25-14-4-2-3-13(14)22/h5-9,13-14,18,22H,2-4H2,1H3,(H,19,20,21)/t13-,14+/m0/s1/i1D3. The lowest BCUT2D eigenvalue weighted by Gasteiger charge is -2.17. The first-order valence-electron chi connectivity index (χ1n) is 9.32. The largest absolute Gasteiger partial charge is 0.471 e. The molecule has 2 atom stereocenters. The predicted molar refractivity (Wildman–Crippen MR) is 100.0 cm³/mol. The minimum absolute atomic E-state index is 0.185. The summed E-state index contributed by atoms with van der Waals surface area (Å²) >= 11 is 3.32. The summed E-state index contributed by atoms with van der Waals surface area (Å²) in [7, 11) is -4.16. The molecule has 0 amide bonds. The van der Waals surface area contributed by atoms with E-state index in [0.29, 0.717) is 16.6 Å². The number of aliphatic hydroxyl groups is 1. The second-order valence-electron chi connectivity index (χ2n) is 5.76. The molecule has 1 saturated carbocycles. The monoisotopic (exact) mass is 445 g/mol. The summed E-state index contributed by atoms with van der Waals surface area (Å²) in [6.45, 7) is -2.82. The number of hydrogen-bond acceptors (Lipinski definition) is 7. The molecule has 0 radical (unpaired) electrons. The molecular weight excluding hydrogens is 424 g/mol. The van der Waals surface area contributed by atoms with Crippen LogP contribution in [0.2, 0.25) is 0 Å². The van der Waals surface area contributed by atoms with Crippen LogP contribution < -0.4 is 14.8 Å². The summed E-state index contributed by atoms with van der Waals surface area (Å²) in [5.74, 6) is 0.501. The Morgan fingerprint density at radius 1 is 1.35 bits per heavy atom. The van der Waals surface area contributed by atoms with Crippen molar-refractivity contribution >= 4 is 37.6 Å². The zero-order valence-corrected chi connectivity index (χ0v) is 15.9. The summed E-state index contributed by atoms with van der Waals surface area (Å²) < 4.78 is 53.1. The van der Waals surface area contributed by atoms with E-state index in [-0.39, 0.29) is 22.8 Å². The van der Waals surface area contributed by atoms with Crippen LogP contribution in [0.25, 0.3) is 0 Å². The Labute approximate surface area is 164 Å². The van der Waals surface area contributed by atoms with E-state index in [4.69, 9.17) is 8.85 Å². The molecule has 1 aliphatic rings. The van der Waals surface area contributed by atoms with Gasteiger partial charge in [0.25, 0.3) is 0 Å². The third-order valence-corrected chi connectivity index (χ3v) is 5.65. The van der Waals surface area contributed by atoms with Crippen LogP contribution in [0.5, 0.6) is 5.88 Å². The molecule has 1 aromatic carbocycles. The van der Waals surface area contributed by atoms with Crippen molar-refractivity contribution in [3.63, 3.8) is 0 Å². The van der Waals surface area contributed by atoms with Crippen molar-refractivity contribution in [1.29, 1.82) is 0 Å². The average molecular weight is 446 g/mol. The number of nitrogens with zero attached hydrogens (tertiary/aromatic N) is 2. The van der Waals surface area contributed by atoms with Crippen LogP contribution in [0.4, 0.5) is 11.6 Å². The van der Waals surface area contributed by atoms with Gasteiger partial charge in [0.1, 0.15) is 6.10 Å². The predicted octanol–water partition coefficient (Wildman–Crippen LogP) is 2.18. The van der Waals surface area contributed by atoms with Gasteiger partial charge in [0.15, 0.2) is 0 Å². The molecule has 10 heteroatoms. The van der Waals surface area contributed by atoms with Gasteiger partial charge in [-0.1, -0.05) is 0 Å². The van der Waals surface area contributed by atoms with Crippen LogP contribution in [0.1, 0.15) is 23.4 Å². The van der Waals surface area contributed by atoms with Crippen molar-refractivity contribution < 1.29 is 22.4 Å². The van der Waals surface area contributed by atoms with E-state index in [2.05, 4.69) is 31.2 Å². The van der Waals surface area contributed by atoms with E-state index in [1.165, 1.54) is 30.5 Å². The molecule has 8 nitrogen and oxygen atoms in total. The van der Waals surface area contributed by atoms with Crippen LogP contribution in [0.3, 0.4) is 0 Å². The van der Waals surface area contributed by atoms with Gasteiger partial charge < -0.3 is 15.2 Å². The van der Waals surface area contributed by atoms with Crippen LogP contribution in [0.15, 0.2) is 39.8 Å². The molecule has 140 valence electrons. The normalized spacial score (nSPS) is 22.3. The van der Waals surface area contributed by atoms with Gasteiger partial charge in [-0.2, -0.15) is 4.98 Å². The molecule has 0 unspecified atom stereocenters. The highest BCUT2D eigenvalue weighted by molar-refractivity contribution is 9.10. The van der Waals surface area contributed by atoms with Crippen molar-refractivity contribution in [2.75, 3.05) is 12.3 Å². The number of hydrogen-bond donors (Lipinski definition) is 3. The van der Waals surface area contributed by atoms with E-state index in [1.807, 2.05) is 0 Å². The van der Waals surface area contributed by atoms with Gasteiger partial charge in [-0.15, -0.1) is 0 Å². The van der Waals surface area contributed by atoms with E-state index >= 15 is 0 Å². The van der Waals surface area contributed by atoms with Gasteiger partial charge in [0, 0.05) is 9.80 Å². The molecule has 1 aromatic heterocycles. The summed E-state index contributed by atoms with van der Waals surface area (Å²) in [6, 6.07) is 5.45. The molecule has 3 N–H and O–H groups in total. The minimum Gasteiger partial charge on any atom is -0.471 e. The number of aliphatic hydroxyl groups excluding tert-OH is 1. The van der Waals surface area contributed by atoms with Gasteiger partial charge in [-0.3, -0.25) is 0 Å². The molecule has 0 spiro atoms. The van der Waals surface area contributed by atoms with Crippen molar-refractivity contribution in [1.82, 2.24) is 14.7 Å². The summed E-state index contributed by atoms with van der Waals surface area (Å²) in [4.78, 5) is 8.22. The molecule has 1 heterocycles. The Kier molecular flexibility index (Phi) is 4.64. The van der Waals surface area contributed by atoms with Crippen LogP contribution in [0, 0.1) is 0 Å². The van der Waals surface area contributed by atoms with Gasteiger partial charge in [0.2, 0.25) is 21.9 Å². The second-order valence-corrected chi connectivity index (χ2v) is 8.29. The van der Waals surface area contributed by atoms with Gasteiger partial charge in [-0.05, 0) is 66.4 Å². The van der Waals surface area contributed by atoms with Crippen molar-refractivity contribution in [2.24, 2.45) is 0 Å². The SMILES string of the molecule is [2H]C([2H])([2H])NS(=O)(=O)c1ccc(Nc2ncc(Br)c(O[C@@H]3CCC[C@@H]3O)n2)cc1. The first-order valence-corrected chi connectivity index (χ1v) is 10.1. The first kappa shape index (κ1) is 15.3. The van der Waals surface area contributed by atoms with Gasteiger partial charge in [-0.25, -0.2) is 18.1 Å². The fourth-order valence-corrected chi connectivity index (χ4v) is 3.48. The van der Waals surface area contributed by atoms with Crippen molar-refractivity contribution in [3.05, 3.63) is 34.9 Å². The van der Waals surface area contributed by atoms with E-state index in [1.54, 1.807) is 4.72 Å². The quantitative estimate of drug-likeness (QED) is 0.624. The highest BCUT2D eigenvalue weighted by Crippen LogP contribution is 2.29. The highest BCUT2D eigenvalue weighted by Gasteiger charge is 2.28. The number of benzene rings is 1. The van der Waals surface area contributed by atoms with Crippen LogP contribution in [-0.2, 0) is 10.0 Å². The number of sulfonamides is 1. The Morgan fingerprint density at radius 3 is 2.77 bits per heavy atom. The minimum atomic E-state index is -4.16. The van der Waals surface area contributed by atoms with E-state index in [0.717, 1.165) is 12.8 Å². The Hall–Kier alpha value is -1.75. The Morgan fingerprint density at radius 2 is 2.12 bits per heavy atom. The molecule has 2 aromatic rings. The van der Waals surface area contributed by atoms with Gasteiger partial charge >= 0.3 is 0 Å². The molecule has 0 aliphatic heterocycles. The molecule has 1 fully saturated rings. The van der Waals surface area contributed by atoms with Crippen LogP contribution in [-0.4, -0.2) is 42.7 Å². The van der Waals surface area contributed by atoms with Gasteiger partial charge in [0.05, 0.1) is 21.7 Å². The summed E-state index contributed by atoms with van der Waals surface area (Å²) in [5, 5.41) is 12.8. The lowest BCUT2D eigenvalue weighted by atomic mass is 10.3. The third kappa shape index (κ3) is 4.32. The van der Waals surface area contributed by atoms with Crippen molar-refractivity contribution in [3.8, 4) is 5.88 Å². The number of ether oxygens (including phenoxy) is 1. The molecular formula is C16H19BrN4O4S. The maximum atomic E-state index is 12.0. The number of halogens is 1. The maximum absolute atomic E-state index is 12.0. The molecule has 3 rings (SSSR count).